The van der Waals surface area contributed by atoms with Gasteiger partial charge in [0.15, 0.2) is 11.5 Å². The third-order valence-corrected chi connectivity index (χ3v) is 5.81. The summed E-state index contributed by atoms with van der Waals surface area (Å²) in [4.78, 5) is 27.0. The molecule has 2 aromatic carbocycles. The van der Waals surface area contributed by atoms with Gasteiger partial charge in [0.2, 0.25) is 0 Å². The van der Waals surface area contributed by atoms with E-state index in [1.807, 2.05) is 45.9 Å². The first-order chi connectivity index (χ1) is 15.0. The van der Waals surface area contributed by atoms with Crippen molar-refractivity contribution < 1.29 is 19.1 Å². The minimum absolute atomic E-state index is 0.211. The first-order valence-electron chi connectivity index (χ1n) is 11.1. The second kappa shape index (κ2) is 9.23. The standard InChI is InChI=1S/C26H34N2O4/c1-8-22(26(5,6)7)28(27-24(29)19-14-16(2)13-17(3)15-19)25(30)20-9-10-21-23(18(20)4)32-12-11-31-21/h9-10,13-15,22H,8,11-12H2,1-7H3,(H,27,29). The summed E-state index contributed by atoms with van der Waals surface area (Å²) in [6.07, 6.45) is 0.686. The summed E-state index contributed by atoms with van der Waals surface area (Å²) in [5, 5.41) is 1.50. The molecule has 6 heteroatoms. The number of benzene rings is 2. The molecule has 0 saturated heterocycles. The van der Waals surface area contributed by atoms with Crippen molar-refractivity contribution in [3.8, 4) is 11.5 Å². The Labute approximate surface area is 190 Å². The van der Waals surface area contributed by atoms with E-state index in [-0.39, 0.29) is 23.3 Å². The van der Waals surface area contributed by atoms with Gasteiger partial charge in [-0.2, -0.15) is 0 Å². The number of hydrogen-bond donors (Lipinski definition) is 1. The predicted octanol–water partition coefficient (Wildman–Crippen LogP) is 4.99. The Kier molecular flexibility index (Phi) is 6.82. The van der Waals surface area contributed by atoms with E-state index in [2.05, 4.69) is 26.2 Å². The van der Waals surface area contributed by atoms with Gasteiger partial charge in [-0.15, -0.1) is 0 Å². The number of fused-ring (bicyclic) bond motifs is 1. The Morgan fingerprint density at radius 3 is 2.25 bits per heavy atom. The Balaban J connectivity index is 2.01. The van der Waals surface area contributed by atoms with E-state index < -0.39 is 0 Å². The highest BCUT2D eigenvalue weighted by atomic mass is 16.6. The molecule has 1 aliphatic rings. The van der Waals surface area contributed by atoms with Gasteiger partial charge in [0.05, 0.1) is 6.04 Å². The monoisotopic (exact) mass is 438 g/mol. The average molecular weight is 439 g/mol. The zero-order valence-electron chi connectivity index (χ0n) is 20.2. The van der Waals surface area contributed by atoms with Gasteiger partial charge in [0.1, 0.15) is 13.2 Å². The van der Waals surface area contributed by atoms with Crippen LogP contribution in [0.2, 0.25) is 0 Å². The van der Waals surface area contributed by atoms with Gasteiger partial charge in [-0.1, -0.05) is 44.9 Å². The van der Waals surface area contributed by atoms with Crippen molar-refractivity contribution in [3.63, 3.8) is 0 Å². The second-order valence-corrected chi connectivity index (χ2v) is 9.54. The van der Waals surface area contributed by atoms with Crippen molar-refractivity contribution in [1.82, 2.24) is 10.4 Å². The fourth-order valence-corrected chi connectivity index (χ4v) is 4.35. The summed E-state index contributed by atoms with van der Waals surface area (Å²) in [5.41, 5.74) is 6.40. The van der Waals surface area contributed by atoms with Crippen LogP contribution in [0.1, 0.15) is 71.5 Å². The van der Waals surface area contributed by atoms with Crippen LogP contribution in [0.4, 0.5) is 0 Å². The second-order valence-electron chi connectivity index (χ2n) is 9.54. The number of carbonyl (C=O) groups is 2. The molecule has 0 aromatic heterocycles. The van der Waals surface area contributed by atoms with Crippen LogP contribution in [0.25, 0.3) is 0 Å². The highest BCUT2D eigenvalue weighted by Gasteiger charge is 2.35. The lowest BCUT2D eigenvalue weighted by Gasteiger charge is -2.40. The minimum Gasteiger partial charge on any atom is -0.486 e. The molecule has 6 nitrogen and oxygen atoms in total. The molecule has 0 aliphatic carbocycles. The van der Waals surface area contributed by atoms with Crippen molar-refractivity contribution in [3.05, 3.63) is 58.1 Å². The van der Waals surface area contributed by atoms with Gasteiger partial charge in [-0.3, -0.25) is 15.0 Å². The number of aryl methyl sites for hydroxylation is 2. The van der Waals surface area contributed by atoms with Gasteiger partial charge in [0, 0.05) is 16.7 Å². The summed E-state index contributed by atoms with van der Waals surface area (Å²) < 4.78 is 11.4. The lowest BCUT2D eigenvalue weighted by Crippen LogP contribution is -2.56. The molecule has 0 fully saturated rings. The van der Waals surface area contributed by atoms with Gasteiger partial charge < -0.3 is 9.47 Å². The number of amides is 2. The van der Waals surface area contributed by atoms with Gasteiger partial charge in [-0.25, -0.2) is 5.01 Å². The highest BCUT2D eigenvalue weighted by molar-refractivity contribution is 6.00. The van der Waals surface area contributed by atoms with E-state index in [4.69, 9.17) is 9.47 Å². The first kappa shape index (κ1) is 23.6. The highest BCUT2D eigenvalue weighted by Crippen LogP contribution is 2.36. The normalized spacial score (nSPS) is 14.0. The van der Waals surface area contributed by atoms with Crippen LogP contribution >= 0.6 is 0 Å². The van der Waals surface area contributed by atoms with E-state index >= 15 is 0 Å². The maximum atomic E-state index is 13.8. The quantitative estimate of drug-likeness (QED) is 0.683. The van der Waals surface area contributed by atoms with Crippen molar-refractivity contribution in [2.45, 2.75) is 60.9 Å². The SMILES string of the molecule is CCC(N(NC(=O)c1cc(C)cc(C)c1)C(=O)c1ccc2c(c1C)OCCO2)C(C)(C)C. The Bertz CT molecular complexity index is 1000. The molecule has 1 unspecified atom stereocenters. The van der Waals surface area contributed by atoms with Crippen LogP contribution in [-0.2, 0) is 0 Å². The number of ether oxygens (including phenoxy) is 2. The van der Waals surface area contributed by atoms with E-state index in [9.17, 15) is 9.59 Å². The summed E-state index contributed by atoms with van der Waals surface area (Å²) >= 11 is 0. The molecule has 1 N–H and O–H groups in total. The first-order valence-corrected chi connectivity index (χ1v) is 11.1. The number of nitrogens with one attached hydrogen (secondary N) is 1. The molecule has 3 rings (SSSR count). The number of nitrogens with zero attached hydrogens (tertiary/aromatic N) is 1. The zero-order chi connectivity index (χ0) is 23.6. The predicted molar refractivity (Wildman–Crippen MR) is 125 cm³/mol. The van der Waals surface area contributed by atoms with Crippen LogP contribution in [0.3, 0.4) is 0 Å². The molecule has 1 heterocycles. The van der Waals surface area contributed by atoms with E-state index in [1.54, 1.807) is 12.1 Å². The van der Waals surface area contributed by atoms with Gasteiger partial charge in [-0.05, 0) is 56.9 Å². The van der Waals surface area contributed by atoms with Crippen LogP contribution < -0.4 is 14.9 Å². The van der Waals surface area contributed by atoms with Crippen molar-refractivity contribution in [1.29, 1.82) is 0 Å². The van der Waals surface area contributed by atoms with E-state index in [0.717, 1.165) is 11.1 Å². The molecule has 0 saturated carbocycles. The summed E-state index contributed by atoms with van der Waals surface area (Å²) in [6, 6.07) is 8.98. The third kappa shape index (κ3) is 4.90. The molecule has 0 spiro atoms. The molecule has 0 bridgehead atoms. The number of hydrazine groups is 1. The molecule has 172 valence electrons. The molecule has 32 heavy (non-hydrogen) atoms. The fourth-order valence-electron chi connectivity index (χ4n) is 4.35. The largest absolute Gasteiger partial charge is 0.486 e. The Morgan fingerprint density at radius 2 is 1.66 bits per heavy atom. The average Bonchev–Trinajstić information content (AvgIpc) is 2.72. The molecular formula is C26H34N2O4. The van der Waals surface area contributed by atoms with Crippen molar-refractivity contribution in [2.75, 3.05) is 13.2 Å². The van der Waals surface area contributed by atoms with Gasteiger partial charge >= 0.3 is 0 Å². The summed E-state index contributed by atoms with van der Waals surface area (Å²) in [7, 11) is 0. The lowest BCUT2D eigenvalue weighted by molar-refractivity contribution is 0.0283. The maximum absolute atomic E-state index is 13.8. The molecule has 2 aromatic rings. The lowest BCUT2D eigenvalue weighted by atomic mass is 9.84. The van der Waals surface area contributed by atoms with Crippen molar-refractivity contribution >= 4 is 11.8 Å². The van der Waals surface area contributed by atoms with Crippen LogP contribution in [0, 0.1) is 26.2 Å². The number of carbonyl (C=O) groups excluding carboxylic acids is 2. The number of hydrogen-bond acceptors (Lipinski definition) is 4. The molecular weight excluding hydrogens is 404 g/mol. The number of rotatable bonds is 4. The smallest absolute Gasteiger partial charge is 0.272 e. The van der Waals surface area contributed by atoms with E-state index in [0.29, 0.717) is 47.8 Å². The minimum atomic E-state index is -0.303. The molecule has 2 amide bonds. The topological polar surface area (TPSA) is 67.9 Å². The molecule has 1 aliphatic heterocycles. The molecule has 1 atom stereocenters. The fraction of sp³-hybridized carbons (Fsp3) is 0.462. The van der Waals surface area contributed by atoms with Crippen LogP contribution in [-0.4, -0.2) is 36.1 Å². The summed E-state index contributed by atoms with van der Waals surface area (Å²) in [5.74, 6) is 0.660. The van der Waals surface area contributed by atoms with E-state index in [1.165, 1.54) is 5.01 Å². The van der Waals surface area contributed by atoms with Crippen molar-refractivity contribution in [2.24, 2.45) is 5.41 Å². The van der Waals surface area contributed by atoms with Gasteiger partial charge in [0.25, 0.3) is 11.8 Å². The Morgan fingerprint density at radius 1 is 1.03 bits per heavy atom. The summed E-state index contributed by atoms with van der Waals surface area (Å²) in [6.45, 7) is 14.9. The van der Waals surface area contributed by atoms with Crippen LogP contribution in [0.15, 0.2) is 30.3 Å². The zero-order valence-corrected chi connectivity index (χ0v) is 20.2. The molecule has 0 radical (unpaired) electrons. The third-order valence-electron chi connectivity index (χ3n) is 5.81. The van der Waals surface area contributed by atoms with Crippen LogP contribution in [0.5, 0.6) is 11.5 Å². The maximum Gasteiger partial charge on any atom is 0.272 e. The Hall–Kier alpha value is -3.02.